The average molecular weight is 260 g/mol. The van der Waals surface area contributed by atoms with Gasteiger partial charge in [0, 0.05) is 5.57 Å². The lowest BCUT2D eigenvalue weighted by Gasteiger charge is -2.30. The Kier molecular flexibility index (Phi) is 2.62. The highest BCUT2D eigenvalue weighted by Crippen LogP contribution is 2.37. The van der Waals surface area contributed by atoms with Crippen molar-refractivity contribution in [3.05, 3.63) is 34.5 Å². The van der Waals surface area contributed by atoms with Crippen LogP contribution in [0.4, 0.5) is 0 Å². The molecule has 100 valence electrons. The Morgan fingerprint density at radius 2 is 2.00 bits per heavy atom. The van der Waals surface area contributed by atoms with Crippen LogP contribution in [0.15, 0.2) is 22.0 Å². The number of hydrogen-bond donors (Lipinski definition) is 0. The molecule has 1 aliphatic carbocycles. The maximum Gasteiger partial charge on any atom is 0.263 e. The number of hydrogen-bond acceptors (Lipinski definition) is 4. The molecular weight excluding hydrogens is 244 g/mol. The largest absolute Gasteiger partial charge is 0.489 e. The molecule has 3 rings (SSSR count). The molecule has 0 saturated heterocycles. The Morgan fingerprint density at radius 3 is 2.68 bits per heavy atom. The standard InChI is InChI=1S/C15H16O4/c1-7(2)9-4-10-12(16)11-8(3)5-18-15(11)13(17)14(10)19-6-9/h5,7,9H,4,6H2,1-3H3/t9-/m0/s1. The van der Waals surface area contributed by atoms with Crippen LogP contribution in [0.25, 0.3) is 0 Å². The highest BCUT2D eigenvalue weighted by molar-refractivity contribution is 6.25. The molecule has 0 N–H and O–H groups in total. The molecule has 1 aliphatic heterocycles. The van der Waals surface area contributed by atoms with E-state index in [9.17, 15) is 9.59 Å². The fourth-order valence-electron chi connectivity index (χ4n) is 2.67. The van der Waals surface area contributed by atoms with Crippen LogP contribution in [0, 0.1) is 18.8 Å². The molecule has 1 aromatic rings. The van der Waals surface area contributed by atoms with Gasteiger partial charge in [-0.25, -0.2) is 0 Å². The molecule has 0 aromatic carbocycles. The molecule has 0 fully saturated rings. The number of carbonyl (C=O) groups excluding carboxylic acids is 2. The van der Waals surface area contributed by atoms with Crippen molar-refractivity contribution in [2.75, 3.05) is 6.61 Å². The molecule has 0 amide bonds. The van der Waals surface area contributed by atoms with Gasteiger partial charge in [-0.05, 0) is 30.7 Å². The molecule has 2 heterocycles. The van der Waals surface area contributed by atoms with Gasteiger partial charge in [0.25, 0.3) is 5.78 Å². The van der Waals surface area contributed by atoms with E-state index in [0.717, 1.165) is 0 Å². The minimum absolute atomic E-state index is 0.110. The van der Waals surface area contributed by atoms with Gasteiger partial charge in [-0.3, -0.25) is 9.59 Å². The first-order valence-electron chi connectivity index (χ1n) is 6.54. The molecule has 2 aliphatic rings. The van der Waals surface area contributed by atoms with Gasteiger partial charge in [-0.1, -0.05) is 13.8 Å². The lowest BCUT2D eigenvalue weighted by Crippen LogP contribution is -2.31. The Balaban J connectivity index is 2.07. The van der Waals surface area contributed by atoms with Gasteiger partial charge in [0.05, 0.1) is 18.4 Å². The van der Waals surface area contributed by atoms with Gasteiger partial charge in [-0.2, -0.15) is 0 Å². The molecule has 1 atom stereocenters. The van der Waals surface area contributed by atoms with Crippen molar-refractivity contribution in [2.45, 2.75) is 27.2 Å². The van der Waals surface area contributed by atoms with Crippen molar-refractivity contribution in [1.82, 2.24) is 0 Å². The first-order chi connectivity index (χ1) is 9.00. The van der Waals surface area contributed by atoms with Crippen molar-refractivity contribution in [3.8, 4) is 0 Å². The number of fused-ring (bicyclic) bond motifs is 1. The molecule has 4 nitrogen and oxygen atoms in total. The van der Waals surface area contributed by atoms with Crippen LogP contribution in [0.2, 0.25) is 0 Å². The van der Waals surface area contributed by atoms with Crippen molar-refractivity contribution in [3.63, 3.8) is 0 Å². The number of aryl methyl sites for hydroxylation is 1. The van der Waals surface area contributed by atoms with Crippen LogP contribution in [-0.2, 0) is 4.74 Å². The molecule has 0 saturated carbocycles. The summed E-state index contributed by atoms with van der Waals surface area (Å²) in [5.74, 6) is 0.627. The molecule has 19 heavy (non-hydrogen) atoms. The number of Topliss-reactive ketones (excluding diaryl/α,β-unsaturated/α-hetero) is 2. The smallest absolute Gasteiger partial charge is 0.263 e. The van der Waals surface area contributed by atoms with E-state index in [4.69, 9.17) is 9.15 Å². The normalized spacial score (nSPS) is 22.4. The monoisotopic (exact) mass is 260 g/mol. The SMILES string of the molecule is Cc1coc2c1C(=O)C1=C(OC[C@@H](C(C)C)C1)C2=O. The predicted molar refractivity (Wildman–Crippen MR) is 68.0 cm³/mol. The molecule has 4 heteroatoms. The molecule has 1 aromatic heterocycles. The van der Waals surface area contributed by atoms with Gasteiger partial charge >= 0.3 is 0 Å². The predicted octanol–water partition coefficient (Wildman–Crippen LogP) is 2.91. The minimum atomic E-state index is -0.292. The van der Waals surface area contributed by atoms with E-state index in [0.29, 0.717) is 35.6 Å². The number of ketones is 2. The second-order valence-electron chi connectivity index (χ2n) is 5.61. The number of rotatable bonds is 1. The van der Waals surface area contributed by atoms with Crippen molar-refractivity contribution >= 4 is 11.6 Å². The minimum Gasteiger partial charge on any atom is -0.489 e. The average Bonchev–Trinajstić information content (AvgIpc) is 2.78. The quantitative estimate of drug-likeness (QED) is 0.779. The Hall–Kier alpha value is -1.84. The van der Waals surface area contributed by atoms with Crippen LogP contribution in [0.5, 0.6) is 0 Å². The lowest BCUT2D eigenvalue weighted by molar-refractivity contribution is 0.0697. The van der Waals surface area contributed by atoms with Crippen molar-refractivity contribution in [1.29, 1.82) is 0 Å². The van der Waals surface area contributed by atoms with Crippen LogP contribution < -0.4 is 0 Å². The topological polar surface area (TPSA) is 56.5 Å². The fraction of sp³-hybridized carbons (Fsp3) is 0.467. The second kappa shape index (κ2) is 4.08. The maximum absolute atomic E-state index is 12.5. The van der Waals surface area contributed by atoms with Gasteiger partial charge in [0.2, 0.25) is 0 Å². The van der Waals surface area contributed by atoms with E-state index >= 15 is 0 Å². The van der Waals surface area contributed by atoms with Crippen molar-refractivity contribution in [2.24, 2.45) is 11.8 Å². The molecule has 0 bridgehead atoms. The fourth-order valence-corrected chi connectivity index (χ4v) is 2.67. The Bertz CT molecular complexity index is 604. The summed E-state index contributed by atoms with van der Waals surface area (Å²) in [5.41, 5.74) is 1.65. The van der Waals surface area contributed by atoms with Crippen LogP contribution in [0.3, 0.4) is 0 Å². The van der Waals surface area contributed by atoms with Crippen LogP contribution in [-0.4, -0.2) is 18.2 Å². The number of carbonyl (C=O) groups is 2. The van der Waals surface area contributed by atoms with Crippen LogP contribution >= 0.6 is 0 Å². The van der Waals surface area contributed by atoms with E-state index in [2.05, 4.69) is 13.8 Å². The summed E-state index contributed by atoms with van der Waals surface area (Å²) in [6.45, 7) is 6.47. The maximum atomic E-state index is 12.5. The zero-order valence-corrected chi connectivity index (χ0v) is 11.3. The highest BCUT2D eigenvalue weighted by atomic mass is 16.5. The molecular formula is C15H16O4. The third kappa shape index (κ3) is 1.66. The van der Waals surface area contributed by atoms with E-state index in [1.807, 2.05) is 0 Å². The Labute approximate surface area is 111 Å². The van der Waals surface area contributed by atoms with E-state index < -0.39 is 0 Å². The third-order valence-electron chi connectivity index (χ3n) is 4.01. The summed E-state index contributed by atoms with van der Waals surface area (Å²) in [6.07, 6.45) is 2.07. The third-order valence-corrected chi connectivity index (χ3v) is 4.01. The van der Waals surface area contributed by atoms with E-state index in [1.54, 1.807) is 6.92 Å². The summed E-state index contributed by atoms with van der Waals surface area (Å²) < 4.78 is 10.8. The summed E-state index contributed by atoms with van der Waals surface area (Å²) in [5, 5.41) is 0. The summed E-state index contributed by atoms with van der Waals surface area (Å²) >= 11 is 0. The van der Waals surface area contributed by atoms with E-state index in [1.165, 1.54) is 6.26 Å². The molecule has 0 spiro atoms. The Morgan fingerprint density at radius 1 is 1.26 bits per heavy atom. The number of ether oxygens (including phenoxy) is 1. The van der Waals surface area contributed by atoms with Crippen LogP contribution in [0.1, 0.15) is 46.7 Å². The summed E-state index contributed by atoms with van der Waals surface area (Å²) in [6, 6.07) is 0. The summed E-state index contributed by atoms with van der Waals surface area (Å²) in [7, 11) is 0. The van der Waals surface area contributed by atoms with Crippen molar-refractivity contribution < 1.29 is 18.7 Å². The summed E-state index contributed by atoms with van der Waals surface area (Å²) in [4.78, 5) is 24.8. The number of furan rings is 1. The van der Waals surface area contributed by atoms with Gasteiger partial charge in [0.15, 0.2) is 17.3 Å². The zero-order valence-electron chi connectivity index (χ0n) is 11.3. The first-order valence-corrected chi connectivity index (χ1v) is 6.54. The number of allylic oxidation sites excluding steroid dienone is 2. The van der Waals surface area contributed by atoms with E-state index in [-0.39, 0.29) is 29.0 Å². The lowest BCUT2D eigenvalue weighted by atomic mass is 9.81. The zero-order chi connectivity index (χ0) is 13.7. The second-order valence-corrected chi connectivity index (χ2v) is 5.61. The van der Waals surface area contributed by atoms with Gasteiger partial charge in [-0.15, -0.1) is 0 Å². The van der Waals surface area contributed by atoms with Gasteiger partial charge < -0.3 is 9.15 Å². The highest BCUT2D eigenvalue weighted by Gasteiger charge is 2.41. The molecule has 0 unspecified atom stereocenters. The first kappa shape index (κ1) is 12.2. The molecule has 0 radical (unpaired) electrons. The van der Waals surface area contributed by atoms with Gasteiger partial charge in [0.1, 0.15) is 0 Å².